The number of pyridine rings is 1. The van der Waals surface area contributed by atoms with Crippen molar-refractivity contribution in [2.24, 2.45) is 4.99 Å². The van der Waals surface area contributed by atoms with E-state index in [0.29, 0.717) is 30.5 Å². The summed E-state index contributed by atoms with van der Waals surface area (Å²) in [6.07, 6.45) is -2.73. The quantitative estimate of drug-likeness (QED) is 0.363. The van der Waals surface area contributed by atoms with Crippen molar-refractivity contribution in [2.45, 2.75) is 26.2 Å². The molecule has 1 aromatic heterocycles. The molecule has 9 heteroatoms. The number of hydrogen-bond acceptors (Lipinski definition) is 3. The number of ether oxygens (including phenoxy) is 1. The van der Waals surface area contributed by atoms with Crippen LogP contribution in [0.2, 0.25) is 0 Å². The second-order valence-corrected chi connectivity index (χ2v) is 5.42. The van der Waals surface area contributed by atoms with Gasteiger partial charge in [0.05, 0.1) is 19.2 Å². The standard InChI is InChI=1S/C18H21F3N4O.HI/c1-3-22-17(25-12-14-7-5-9-23-16(14)26-2)24-11-13-6-4-8-15(10-13)18(19,20)21;/h4-10H,3,11-12H2,1-2H3,(H2,22,24,25);1H. The fourth-order valence-corrected chi connectivity index (χ4v) is 2.28. The molecule has 2 N–H and O–H groups in total. The molecule has 5 nitrogen and oxygen atoms in total. The van der Waals surface area contributed by atoms with Crippen LogP contribution in [0.4, 0.5) is 13.2 Å². The van der Waals surface area contributed by atoms with E-state index in [1.807, 2.05) is 13.0 Å². The third-order valence-electron chi connectivity index (χ3n) is 3.51. The van der Waals surface area contributed by atoms with Gasteiger partial charge >= 0.3 is 6.18 Å². The van der Waals surface area contributed by atoms with Gasteiger partial charge in [-0.2, -0.15) is 13.2 Å². The second-order valence-electron chi connectivity index (χ2n) is 5.42. The summed E-state index contributed by atoms with van der Waals surface area (Å²) in [6, 6.07) is 8.82. The van der Waals surface area contributed by atoms with Gasteiger partial charge in [0.1, 0.15) is 0 Å². The number of nitrogens with one attached hydrogen (secondary N) is 2. The van der Waals surface area contributed by atoms with Crippen LogP contribution in [-0.2, 0) is 19.3 Å². The topological polar surface area (TPSA) is 58.5 Å². The monoisotopic (exact) mass is 494 g/mol. The van der Waals surface area contributed by atoms with E-state index in [4.69, 9.17) is 4.74 Å². The van der Waals surface area contributed by atoms with Crippen molar-refractivity contribution in [1.82, 2.24) is 15.6 Å². The van der Waals surface area contributed by atoms with Gasteiger partial charge in [-0.1, -0.05) is 18.2 Å². The van der Waals surface area contributed by atoms with E-state index in [9.17, 15) is 13.2 Å². The van der Waals surface area contributed by atoms with E-state index in [1.165, 1.54) is 6.07 Å². The van der Waals surface area contributed by atoms with Crippen LogP contribution in [0.15, 0.2) is 47.6 Å². The van der Waals surface area contributed by atoms with E-state index in [-0.39, 0.29) is 30.5 Å². The lowest BCUT2D eigenvalue weighted by Gasteiger charge is -2.13. The number of alkyl halides is 3. The predicted molar refractivity (Wildman–Crippen MR) is 109 cm³/mol. The Kier molecular flexibility index (Phi) is 9.33. The molecule has 148 valence electrons. The Labute approximate surface area is 173 Å². The number of halogens is 4. The molecular formula is C18H22F3IN4O. The summed E-state index contributed by atoms with van der Waals surface area (Å²) in [5, 5.41) is 6.18. The van der Waals surface area contributed by atoms with Crippen molar-refractivity contribution in [3.8, 4) is 5.88 Å². The first-order valence-corrected chi connectivity index (χ1v) is 8.10. The van der Waals surface area contributed by atoms with Crippen LogP contribution in [0.5, 0.6) is 5.88 Å². The summed E-state index contributed by atoms with van der Waals surface area (Å²) in [7, 11) is 1.54. The fourth-order valence-electron chi connectivity index (χ4n) is 2.28. The zero-order valence-electron chi connectivity index (χ0n) is 15.0. The summed E-state index contributed by atoms with van der Waals surface area (Å²) < 4.78 is 43.6. The Morgan fingerprint density at radius 1 is 1.19 bits per heavy atom. The molecule has 1 aromatic carbocycles. The molecule has 0 spiro atoms. The molecule has 0 atom stereocenters. The van der Waals surface area contributed by atoms with Gasteiger partial charge in [-0.3, -0.25) is 0 Å². The average Bonchev–Trinajstić information content (AvgIpc) is 2.63. The maximum atomic E-state index is 12.8. The molecule has 2 aromatic rings. The van der Waals surface area contributed by atoms with E-state index in [1.54, 1.807) is 25.4 Å². The van der Waals surface area contributed by atoms with Gasteiger partial charge in [0.25, 0.3) is 0 Å². The van der Waals surface area contributed by atoms with E-state index < -0.39 is 11.7 Å². The van der Waals surface area contributed by atoms with Gasteiger partial charge in [0.2, 0.25) is 5.88 Å². The van der Waals surface area contributed by atoms with E-state index in [0.717, 1.165) is 17.7 Å². The Morgan fingerprint density at radius 2 is 1.96 bits per heavy atom. The minimum atomic E-state index is -4.36. The van der Waals surface area contributed by atoms with Crippen molar-refractivity contribution in [3.05, 3.63) is 59.3 Å². The fraction of sp³-hybridized carbons (Fsp3) is 0.333. The third kappa shape index (κ3) is 7.24. The molecule has 0 aliphatic rings. The Morgan fingerprint density at radius 3 is 2.63 bits per heavy atom. The van der Waals surface area contributed by atoms with Crippen molar-refractivity contribution in [1.29, 1.82) is 0 Å². The Balaban J connectivity index is 0.00000364. The maximum Gasteiger partial charge on any atom is 0.416 e. The summed E-state index contributed by atoms with van der Waals surface area (Å²) in [4.78, 5) is 8.46. The molecule has 0 amide bonds. The maximum absolute atomic E-state index is 12.8. The first kappa shape index (κ1) is 23.0. The highest BCUT2D eigenvalue weighted by molar-refractivity contribution is 14.0. The summed E-state index contributed by atoms with van der Waals surface area (Å²) in [5.41, 5.74) is 0.652. The SMILES string of the molecule is CCNC(=NCc1cccc(C(F)(F)F)c1)NCc1cccnc1OC.I. The van der Waals surface area contributed by atoms with Crippen molar-refractivity contribution < 1.29 is 17.9 Å². The number of benzene rings is 1. The Bertz CT molecular complexity index is 753. The number of guanidine groups is 1. The number of aromatic nitrogens is 1. The molecule has 27 heavy (non-hydrogen) atoms. The molecule has 0 fully saturated rings. The van der Waals surface area contributed by atoms with E-state index in [2.05, 4.69) is 20.6 Å². The van der Waals surface area contributed by atoms with Crippen molar-refractivity contribution in [3.63, 3.8) is 0 Å². The van der Waals surface area contributed by atoms with Crippen LogP contribution in [-0.4, -0.2) is 24.6 Å². The van der Waals surface area contributed by atoms with Crippen LogP contribution in [0.25, 0.3) is 0 Å². The largest absolute Gasteiger partial charge is 0.481 e. The molecule has 0 saturated carbocycles. The highest BCUT2D eigenvalue weighted by Crippen LogP contribution is 2.29. The van der Waals surface area contributed by atoms with Gasteiger partial charge in [-0.15, -0.1) is 24.0 Å². The normalized spacial score (nSPS) is 11.5. The lowest BCUT2D eigenvalue weighted by atomic mass is 10.1. The second kappa shape index (κ2) is 11.0. The first-order valence-electron chi connectivity index (χ1n) is 8.10. The molecule has 0 bridgehead atoms. The molecule has 0 aliphatic carbocycles. The van der Waals surface area contributed by atoms with Crippen LogP contribution in [0.3, 0.4) is 0 Å². The van der Waals surface area contributed by atoms with E-state index >= 15 is 0 Å². The van der Waals surface area contributed by atoms with Gasteiger partial charge in [-0.05, 0) is 30.7 Å². The summed E-state index contributed by atoms with van der Waals surface area (Å²) in [5.74, 6) is 1.00. The zero-order chi connectivity index (χ0) is 19.0. The van der Waals surface area contributed by atoms with Crippen LogP contribution in [0, 0.1) is 0 Å². The van der Waals surface area contributed by atoms with Gasteiger partial charge in [-0.25, -0.2) is 9.98 Å². The van der Waals surface area contributed by atoms with Gasteiger partial charge in [0.15, 0.2) is 5.96 Å². The highest BCUT2D eigenvalue weighted by atomic mass is 127. The summed E-state index contributed by atoms with van der Waals surface area (Å²) >= 11 is 0. The number of aliphatic imine (C=N–C) groups is 1. The highest BCUT2D eigenvalue weighted by Gasteiger charge is 2.30. The smallest absolute Gasteiger partial charge is 0.416 e. The number of rotatable bonds is 6. The molecule has 0 radical (unpaired) electrons. The molecule has 0 aliphatic heterocycles. The van der Waals surface area contributed by atoms with Crippen molar-refractivity contribution in [2.75, 3.05) is 13.7 Å². The predicted octanol–water partition coefficient (Wildman–Crippen LogP) is 3.98. The van der Waals surface area contributed by atoms with Crippen LogP contribution in [0.1, 0.15) is 23.6 Å². The minimum Gasteiger partial charge on any atom is -0.481 e. The van der Waals surface area contributed by atoms with Gasteiger partial charge < -0.3 is 15.4 Å². The minimum absolute atomic E-state index is 0. The lowest BCUT2D eigenvalue weighted by molar-refractivity contribution is -0.137. The first-order chi connectivity index (χ1) is 12.4. The van der Waals surface area contributed by atoms with Crippen LogP contribution >= 0.6 is 24.0 Å². The molecule has 2 rings (SSSR count). The number of hydrogen-bond donors (Lipinski definition) is 2. The molecule has 0 saturated heterocycles. The summed E-state index contributed by atoms with van der Waals surface area (Å²) in [6.45, 7) is 3.08. The Hall–Kier alpha value is -2.04. The average molecular weight is 494 g/mol. The molecule has 1 heterocycles. The zero-order valence-corrected chi connectivity index (χ0v) is 17.3. The number of methoxy groups -OCH3 is 1. The number of nitrogens with zero attached hydrogens (tertiary/aromatic N) is 2. The van der Waals surface area contributed by atoms with Crippen molar-refractivity contribution >= 4 is 29.9 Å². The molecule has 0 unspecified atom stereocenters. The molecular weight excluding hydrogens is 472 g/mol. The van der Waals surface area contributed by atoms with Crippen LogP contribution < -0.4 is 15.4 Å². The lowest BCUT2D eigenvalue weighted by Crippen LogP contribution is -2.36. The van der Waals surface area contributed by atoms with Gasteiger partial charge in [0, 0.05) is 24.8 Å². The third-order valence-corrected chi connectivity index (χ3v) is 3.51.